The molecule has 2 aromatic heterocycles. The molecule has 3 atom stereocenters. The minimum Gasteiger partial charge on any atom is -0.389 e. The Hall–Kier alpha value is -5.95. The summed E-state index contributed by atoms with van der Waals surface area (Å²) in [5, 5.41) is 24.6. The van der Waals surface area contributed by atoms with Crippen molar-refractivity contribution in [2.45, 2.75) is 67.7 Å². The molecule has 6 rings (SSSR count). The number of aromatic nitrogens is 3. The van der Waals surface area contributed by atoms with Gasteiger partial charge in [0.05, 0.1) is 53.3 Å². The molecule has 0 bridgehead atoms. The Kier molecular flexibility index (Phi) is 12.3. The smallest absolute Gasteiger partial charge is 0.389 e. The highest BCUT2D eigenvalue weighted by atomic mass is 32.2. The van der Waals surface area contributed by atoms with Crippen molar-refractivity contribution in [3.8, 4) is 0 Å². The highest BCUT2D eigenvalue weighted by molar-refractivity contribution is 7.89. The Morgan fingerprint density at radius 1 is 0.945 bits per heavy atom. The van der Waals surface area contributed by atoms with Crippen LogP contribution in [0.15, 0.2) is 96.0 Å². The van der Waals surface area contributed by atoms with E-state index in [1.54, 1.807) is 60.8 Å². The van der Waals surface area contributed by atoms with Crippen molar-refractivity contribution in [2.24, 2.45) is 5.73 Å². The summed E-state index contributed by atoms with van der Waals surface area (Å²) in [6.45, 7) is -0.584. The van der Waals surface area contributed by atoms with E-state index in [-0.39, 0.29) is 17.0 Å². The second-order valence-corrected chi connectivity index (χ2v) is 14.9. The molecule has 17 nitrogen and oxygen atoms in total. The van der Waals surface area contributed by atoms with E-state index in [0.717, 1.165) is 22.7 Å². The molecule has 0 unspecified atom stereocenters. The minimum absolute atomic E-state index is 0.0155. The number of aliphatic hydroxyl groups is 1. The summed E-state index contributed by atoms with van der Waals surface area (Å²) in [5.41, 5.74) is 8.90. The van der Waals surface area contributed by atoms with E-state index in [4.69, 9.17) is 15.4 Å². The second-order valence-electron chi connectivity index (χ2n) is 13.1. The first kappa shape index (κ1) is 38.8. The van der Waals surface area contributed by atoms with Gasteiger partial charge in [0.15, 0.2) is 0 Å². The van der Waals surface area contributed by atoms with E-state index in [9.17, 15) is 32.7 Å². The zero-order valence-corrected chi connectivity index (χ0v) is 30.3. The number of aromatic amines is 1. The van der Waals surface area contributed by atoms with Crippen molar-refractivity contribution in [1.29, 1.82) is 0 Å². The molecule has 5 aromatic rings. The molecule has 0 radical (unpaired) electrons. The molecule has 1 fully saturated rings. The molecule has 0 spiro atoms. The number of primary amides is 1. The van der Waals surface area contributed by atoms with Gasteiger partial charge in [0.2, 0.25) is 5.91 Å². The highest BCUT2D eigenvalue weighted by Gasteiger charge is 2.35. The maximum atomic E-state index is 14.0. The Morgan fingerprint density at radius 2 is 1.67 bits per heavy atom. The Balaban J connectivity index is 1.15. The topological polar surface area (TPSA) is 248 Å². The molecular formula is C37H40N8O9S. The average molecular weight is 773 g/mol. The predicted molar refractivity (Wildman–Crippen MR) is 198 cm³/mol. The zero-order chi connectivity index (χ0) is 39.0. The van der Waals surface area contributed by atoms with Crippen LogP contribution in [0.25, 0.3) is 21.8 Å². The highest BCUT2D eigenvalue weighted by Crippen LogP contribution is 2.27. The molecule has 288 valence electrons. The van der Waals surface area contributed by atoms with Crippen LogP contribution >= 0.6 is 0 Å². The third-order valence-corrected chi connectivity index (χ3v) is 10.7. The van der Waals surface area contributed by atoms with Gasteiger partial charge in [-0.05, 0) is 55.2 Å². The number of carbonyl (C=O) groups excluding carboxylic acids is 4. The van der Waals surface area contributed by atoms with Gasteiger partial charge in [-0.15, -0.1) is 0 Å². The van der Waals surface area contributed by atoms with Gasteiger partial charge in [-0.3, -0.25) is 24.3 Å². The van der Waals surface area contributed by atoms with Crippen molar-refractivity contribution in [3.05, 3.63) is 102 Å². The number of sulfonamides is 1. The van der Waals surface area contributed by atoms with E-state index in [2.05, 4.69) is 25.8 Å². The van der Waals surface area contributed by atoms with Crippen LogP contribution in [0, 0.1) is 0 Å². The number of aliphatic hydroxyl groups excluding tert-OH is 1. The maximum Gasteiger partial charge on any atom is 0.431 e. The number of nitrogens with one attached hydrogen (secondary N) is 4. The van der Waals surface area contributed by atoms with Gasteiger partial charge in [0.1, 0.15) is 11.7 Å². The number of nitrogens with zero attached hydrogens (tertiary/aromatic N) is 3. The summed E-state index contributed by atoms with van der Waals surface area (Å²) >= 11 is 0. The number of carbonyl (C=O) groups is 4. The molecule has 0 aliphatic heterocycles. The van der Waals surface area contributed by atoms with Gasteiger partial charge in [-0.25, -0.2) is 18.2 Å². The van der Waals surface area contributed by atoms with Gasteiger partial charge >= 0.3 is 6.09 Å². The number of amides is 4. The maximum absolute atomic E-state index is 14.0. The first-order chi connectivity index (χ1) is 26.5. The van der Waals surface area contributed by atoms with Crippen LogP contribution in [0.1, 0.15) is 48.2 Å². The predicted octanol–water partition coefficient (Wildman–Crippen LogP) is 2.38. The summed E-state index contributed by atoms with van der Waals surface area (Å²) in [4.78, 5) is 66.2. The van der Waals surface area contributed by atoms with E-state index in [0.29, 0.717) is 34.8 Å². The fourth-order valence-electron chi connectivity index (χ4n) is 6.17. The lowest BCUT2D eigenvalue weighted by Crippen LogP contribution is -2.53. The molecule has 7 N–H and O–H groups in total. The average Bonchev–Trinajstić information content (AvgIpc) is 3.88. The van der Waals surface area contributed by atoms with Crippen LogP contribution in [0.5, 0.6) is 0 Å². The molecular weight excluding hydrogens is 733 g/mol. The van der Waals surface area contributed by atoms with Gasteiger partial charge in [0, 0.05) is 10.8 Å². The normalized spacial score (nSPS) is 15.0. The first-order valence-corrected chi connectivity index (χ1v) is 19.0. The van der Waals surface area contributed by atoms with Crippen LogP contribution in [-0.2, 0) is 35.7 Å². The van der Waals surface area contributed by atoms with Crippen molar-refractivity contribution in [3.63, 3.8) is 0 Å². The molecule has 3 aromatic carbocycles. The number of nitrogens with two attached hydrogens (primary N) is 1. The third kappa shape index (κ3) is 9.98. The number of hydrogen-bond acceptors (Lipinski definition) is 11. The number of hydroxylamine groups is 2. The van der Waals surface area contributed by atoms with Crippen LogP contribution < -0.4 is 21.8 Å². The molecule has 1 aliphatic rings. The lowest BCUT2D eigenvalue weighted by Gasteiger charge is -2.30. The van der Waals surface area contributed by atoms with Crippen molar-refractivity contribution in [2.75, 3.05) is 6.54 Å². The van der Waals surface area contributed by atoms with Gasteiger partial charge in [-0.2, -0.15) is 10.6 Å². The molecule has 4 amide bonds. The minimum atomic E-state index is -4.34. The van der Waals surface area contributed by atoms with E-state index >= 15 is 0 Å². The third-order valence-electron chi connectivity index (χ3n) is 9.05. The lowest BCUT2D eigenvalue weighted by molar-refractivity contribution is -0.145. The standard InChI is InChI=1S/C37H40N8O9S/c38-34(47)20-32(41-35(48)29-17-15-24-10-4-7-13-28(24)40-29)36(49)44-53-37(50)42-31(18-23-8-2-1-3-9-23)33(46)22-45(54-26-11-5-6-12-26)55(51,52)27-16-14-25-21-39-43-30(25)19-27/h1-4,7-10,13-17,19,21,26,31-33,46H,5-6,11-12,18,20,22H2,(H2,38,47)(H,39,43)(H,41,48)(H,42,50)(H,44,49)/t31-,32-,33+/m0/s1. The second kappa shape index (κ2) is 17.5. The van der Waals surface area contributed by atoms with E-state index < -0.39 is 71.1 Å². The summed E-state index contributed by atoms with van der Waals surface area (Å²) in [6.07, 6.45) is 0.668. The lowest BCUT2D eigenvalue weighted by atomic mass is 10.0. The quantitative estimate of drug-likeness (QED) is 0.0844. The summed E-state index contributed by atoms with van der Waals surface area (Å²) < 4.78 is 28.7. The first-order valence-electron chi connectivity index (χ1n) is 17.5. The number of hydrogen-bond donors (Lipinski definition) is 6. The van der Waals surface area contributed by atoms with E-state index in [1.165, 1.54) is 18.2 Å². The fourth-order valence-corrected chi connectivity index (χ4v) is 7.49. The number of H-pyrrole nitrogens is 1. The zero-order valence-electron chi connectivity index (χ0n) is 29.5. The Morgan fingerprint density at radius 3 is 2.44 bits per heavy atom. The molecule has 0 saturated heterocycles. The van der Waals surface area contributed by atoms with Crippen LogP contribution in [-0.4, -0.2) is 87.8 Å². The number of benzene rings is 3. The molecule has 55 heavy (non-hydrogen) atoms. The number of pyridine rings is 1. The summed E-state index contributed by atoms with van der Waals surface area (Å²) in [5.74, 6) is -2.79. The number of fused-ring (bicyclic) bond motifs is 2. The van der Waals surface area contributed by atoms with Crippen molar-refractivity contribution < 1.29 is 42.4 Å². The van der Waals surface area contributed by atoms with Crippen LogP contribution in [0.4, 0.5) is 4.79 Å². The SMILES string of the molecule is NC(=O)C[C@H](NC(=O)c1ccc2ccccc2n1)C(=O)NOC(=O)N[C@@H](Cc1ccccc1)[C@H](O)CN(OC1CCCC1)S(=O)(=O)c1ccc2cn[nH]c2c1. The Bertz CT molecular complexity index is 2260. The molecule has 18 heteroatoms. The largest absolute Gasteiger partial charge is 0.431 e. The molecule has 1 aliphatic carbocycles. The summed E-state index contributed by atoms with van der Waals surface area (Å²) in [7, 11) is -4.34. The van der Waals surface area contributed by atoms with Gasteiger partial charge in [0.25, 0.3) is 21.8 Å². The van der Waals surface area contributed by atoms with Gasteiger partial charge in [-0.1, -0.05) is 71.9 Å². The van der Waals surface area contributed by atoms with Gasteiger partial charge < -0.3 is 26.3 Å². The van der Waals surface area contributed by atoms with Crippen molar-refractivity contribution >= 4 is 55.6 Å². The molecule has 2 heterocycles. The Labute approximate surface area is 315 Å². The summed E-state index contributed by atoms with van der Waals surface area (Å²) in [6, 6.07) is 20.7. The van der Waals surface area contributed by atoms with E-state index in [1.807, 2.05) is 17.6 Å². The molecule has 1 saturated carbocycles. The van der Waals surface area contributed by atoms with Crippen LogP contribution in [0.2, 0.25) is 0 Å². The number of rotatable bonds is 15. The van der Waals surface area contributed by atoms with Crippen LogP contribution in [0.3, 0.4) is 0 Å². The van der Waals surface area contributed by atoms with Crippen molar-refractivity contribution in [1.82, 2.24) is 35.8 Å². The number of para-hydroxylation sites is 1. The fraction of sp³-hybridized carbons (Fsp3) is 0.297. The monoisotopic (exact) mass is 772 g/mol.